The number of ether oxygens (including phenoxy) is 1. The van der Waals surface area contributed by atoms with E-state index in [1.165, 1.54) is 4.90 Å². The van der Waals surface area contributed by atoms with Crippen LogP contribution >= 0.6 is 23.2 Å². The molecule has 0 bridgehead atoms. The molecule has 0 saturated heterocycles. The molecular formula is C24H30Cl2N2O3. The maximum atomic E-state index is 13.2. The third-order valence-corrected chi connectivity index (χ3v) is 5.76. The van der Waals surface area contributed by atoms with Crippen molar-refractivity contribution in [3.8, 4) is 5.75 Å². The van der Waals surface area contributed by atoms with Crippen molar-refractivity contribution >= 4 is 35.0 Å². The van der Waals surface area contributed by atoms with Gasteiger partial charge in [-0.15, -0.1) is 0 Å². The molecule has 1 N–H and O–H groups in total. The maximum absolute atomic E-state index is 13.2. The number of carbonyl (C=O) groups is 2. The van der Waals surface area contributed by atoms with Crippen molar-refractivity contribution in [3.63, 3.8) is 0 Å². The predicted octanol–water partition coefficient (Wildman–Crippen LogP) is 5.32. The molecule has 2 amide bonds. The fraction of sp³-hybridized carbons (Fsp3) is 0.417. The molecule has 0 radical (unpaired) electrons. The Morgan fingerprint density at radius 1 is 1.06 bits per heavy atom. The number of aryl methyl sites for hydroxylation is 2. The van der Waals surface area contributed by atoms with Crippen LogP contribution in [0.25, 0.3) is 0 Å². The Kier molecular flexibility index (Phi) is 9.20. The van der Waals surface area contributed by atoms with Crippen molar-refractivity contribution < 1.29 is 14.3 Å². The second-order valence-corrected chi connectivity index (χ2v) is 8.66. The van der Waals surface area contributed by atoms with E-state index >= 15 is 0 Å². The normalized spacial score (nSPS) is 11.9. The summed E-state index contributed by atoms with van der Waals surface area (Å²) in [6.45, 7) is 9.53. The third kappa shape index (κ3) is 6.88. The van der Waals surface area contributed by atoms with Gasteiger partial charge in [0.2, 0.25) is 5.91 Å². The summed E-state index contributed by atoms with van der Waals surface area (Å²) in [6, 6.07) is 10.1. The summed E-state index contributed by atoms with van der Waals surface area (Å²) in [6.07, 6.45) is 0.440. The summed E-state index contributed by atoms with van der Waals surface area (Å²) in [4.78, 5) is 27.5. The summed E-state index contributed by atoms with van der Waals surface area (Å²) in [5.74, 6) is 0.0621. The molecule has 7 heteroatoms. The highest BCUT2D eigenvalue weighted by Crippen LogP contribution is 2.27. The molecule has 0 aliphatic heterocycles. The number of nitrogens with one attached hydrogen (secondary N) is 1. The van der Waals surface area contributed by atoms with Gasteiger partial charge in [0.1, 0.15) is 11.8 Å². The SMILES string of the molecule is CCC(C(=O)NC(C)C)N(Cc1c(Cl)cccc1Cl)C(=O)COc1ccc(C)c(C)c1. The van der Waals surface area contributed by atoms with E-state index in [4.69, 9.17) is 27.9 Å². The highest BCUT2D eigenvalue weighted by molar-refractivity contribution is 6.36. The van der Waals surface area contributed by atoms with Crippen LogP contribution in [-0.4, -0.2) is 35.4 Å². The molecule has 0 spiro atoms. The summed E-state index contributed by atoms with van der Waals surface area (Å²) < 4.78 is 5.75. The predicted molar refractivity (Wildman–Crippen MR) is 126 cm³/mol. The quantitative estimate of drug-likeness (QED) is 0.545. The van der Waals surface area contributed by atoms with Gasteiger partial charge in [-0.25, -0.2) is 0 Å². The minimum atomic E-state index is -0.675. The number of hydrogen-bond acceptors (Lipinski definition) is 3. The Morgan fingerprint density at radius 2 is 1.71 bits per heavy atom. The monoisotopic (exact) mass is 464 g/mol. The van der Waals surface area contributed by atoms with Gasteiger partial charge in [0, 0.05) is 28.2 Å². The van der Waals surface area contributed by atoms with Crippen LogP contribution in [0.15, 0.2) is 36.4 Å². The molecule has 0 aromatic heterocycles. The van der Waals surface area contributed by atoms with Crippen molar-refractivity contribution in [1.82, 2.24) is 10.2 Å². The first kappa shape index (κ1) is 25.0. The maximum Gasteiger partial charge on any atom is 0.261 e. The Morgan fingerprint density at radius 3 is 2.26 bits per heavy atom. The summed E-state index contributed by atoms with van der Waals surface area (Å²) >= 11 is 12.7. The highest BCUT2D eigenvalue weighted by atomic mass is 35.5. The van der Waals surface area contributed by atoms with Crippen molar-refractivity contribution in [2.45, 2.75) is 59.7 Å². The molecule has 31 heavy (non-hydrogen) atoms. The lowest BCUT2D eigenvalue weighted by atomic mass is 10.1. The van der Waals surface area contributed by atoms with Gasteiger partial charge < -0.3 is 15.0 Å². The van der Waals surface area contributed by atoms with Crippen LogP contribution in [0.2, 0.25) is 10.0 Å². The van der Waals surface area contributed by atoms with Gasteiger partial charge in [-0.3, -0.25) is 9.59 Å². The van der Waals surface area contributed by atoms with E-state index in [0.29, 0.717) is 27.8 Å². The van der Waals surface area contributed by atoms with Gasteiger partial charge in [0.15, 0.2) is 6.61 Å². The van der Waals surface area contributed by atoms with E-state index in [1.807, 2.05) is 52.8 Å². The average molecular weight is 465 g/mol. The molecule has 0 aliphatic rings. The minimum absolute atomic E-state index is 0.0470. The number of carbonyl (C=O) groups excluding carboxylic acids is 2. The van der Waals surface area contributed by atoms with Crippen molar-refractivity contribution in [3.05, 3.63) is 63.1 Å². The highest BCUT2D eigenvalue weighted by Gasteiger charge is 2.30. The van der Waals surface area contributed by atoms with E-state index < -0.39 is 6.04 Å². The minimum Gasteiger partial charge on any atom is -0.484 e. The fourth-order valence-corrected chi connectivity index (χ4v) is 3.70. The number of nitrogens with zero attached hydrogens (tertiary/aromatic N) is 1. The van der Waals surface area contributed by atoms with Crippen LogP contribution in [0.4, 0.5) is 0 Å². The van der Waals surface area contributed by atoms with Gasteiger partial charge in [0.05, 0.1) is 0 Å². The van der Waals surface area contributed by atoms with Gasteiger partial charge in [-0.05, 0) is 69.5 Å². The Balaban J connectivity index is 2.29. The van der Waals surface area contributed by atoms with Crippen LogP contribution < -0.4 is 10.1 Å². The molecule has 168 valence electrons. The summed E-state index contributed by atoms with van der Waals surface area (Å²) in [5.41, 5.74) is 2.82. The largest absolute Gasteiger partial charge is 0.484 e. The van der Waals surface area contributed by atoms with E-state index in [0.717, 1.165) is 11.1 Å². The van der Waals surface area contributed by atoms with E-state index in [1.54, 1.807) is 18.2 Å². The number of benzene rings is 2. The van der Waals surface area contributed by atoms with Crippen LogP contribution in [0.5, 0.6) is 5.75 Å². The van der Waals surface area contributed by atoms with Crippen LogP contribution in [-0.2, 0) is 16.1 Å². The van der Waals surface area contributed by atoms with Gasteiger partial charge in [-0.2, -0.15) is 0 Å². The van der Waals surface area contributed by atoms with Crippen molar-refractivity contribution in [2.75, 3.05) is 6.61 Å². The van der Waals surface area contributed by atoms with Crippen LogP contribution in [0.3, 0.4) is 0 Å². The van der Waals surface area contributed by atoms with E-state index in [9.17, 15) is 9.59 Å². The first-order valence-corrected chi connectivity index (χ1v) is 11.1. The third-order valence-electron chi connectivity index (χ3n) is 5.05. The topological polar surface area (TPSA) is 58.6 Å². The van der Waals surface area contributed by atoms with Gasteiger partial charge in [-0.1, -0.05) is 42.3 Å². The average Bonchev–Trinajstić information content (AvgIpc) is 2.70. The first-order chi connectivity index (χ1) is 14.6. The number of halogens is 2. The van der Waals surface area contributed by atoms with Gasteiger partial charge >= 0.3 is 0 Å². The number of hydrogen-bond donors (Lipinski definition) is 1. The zero-order valence-corrected chi connectivity index (χ0v) is 20.2. The van der Waals surface area contributed by atoms with Crippen LogP contribution in [0.1, 0.15) is 43.9 Å². The Hall–Kier alpha value is -2.24. The molecule has 2 aromatic rings. The van der Waals surface area contributed by atoms with Gasteiger partial charge in [0.25, 0.3) is 5.91 Å². The summed E-state index contributed by atoms with van der Waals surface area (Å²) in [5, 5.41) is 3.78. The van der Waals surface area contributed by atoms with E-state index in [2.05, 4.69) is 5.32 Å². The smallest absolute Gasteiger partial charge is 0.261 e. The molecule has 0 aliphatic carbocycles. The molecule has 1 atom stereocenters. The van der Waals surface area contributed by atoms with E-state index in [-0.39, 0.29) is 31.0 Å². The molecule has 5 nitrogen and oxygen atoms in total. The Bertz CT molecular complexity index is 911. The lowest BCUT2D eigenvalue weighted by Gasteiger charge is -2.31. The molecule has 0 fully saturated rings. The number of rotatable bonds is 9. The standard InChI is InChI=1S/C24H30Cl2N2O3/c1-6-22(24(30)27-15(2)3)28(13-19-20(25)8-7-9-21(19)26)23(29)14-31-18-11-10-16(4)17(5)12-18/h7-12,15,22H,6,13-14H2,1-5H3,(H,27,30). The lowest BCUT2D eigenvalue weighted by molar-refractivity contribution is -0.143. The fourth-order valence-electron chi connectivity index (χ4n) is 3.19. The second-order valence-electron chi connectivity index (χ2n) is 7.84. The zero-order chi connectivity index (χ0) is 23.1. The Labute approximate surface area is 194 Å². The van der Waals surface area contributed by atoms with Crippen LogP contribution in [0, 0.1) is 13.8 Å². The molecule has 0 heterocycles. The first-order valence-electron chi connectivity index (χ1n) is 10.4. The molecule has 2 rings (SSSR count). The second kappa shape index (κ2) is 11.4. The number of amides is 2. The molecule has 2 aromatic carbocycles. The molecule has 1 unspecified atom stereocenters. The zero-order valence-electron chi connectivity index (χ0n) is 18.7. The lowest BCUT2D eigenvalue weighted by Crippen LogP contribution is -2.51. The molecule has 0 saturated carbocycles. The van der Waals surface area contributed by atoms with Crippen molar-refractivity contribution in [2.24, 2.45) is 0 Å². The van der Waals surface area contributed by atoms with Crippen molar-refractivity contribution in [1.29, 1.82) is 0 Å². The summed E-state index contributed by atoms with van der Waals surface area (Å²) in [7, 11) is 0. The molecular weight excluding hydrogens is 435 g/mol.